The van der Waals surface area contributed by atoms with Gasteiger partial charge in [0.1, 0.15) is 0 Å². The fraction of sp³-hybridized carbons (Fsp3) is 0.800. The minimum atomic E-state index is -0.293. The largest absolute Gasteiger partial charge is 0.370 e. The van der Waals surface area contributed by atoms with Crippen LogP contribution in [0.2, 0.25) is 0 Å². The Bertz CT molecular complexity index is 205. The van der Waals surface area contributed by atoms with Gasteiger partial charge in [-0.25, -0.2) is 0 Å². The van der Waals surface area contributed by atoms with Crippen molar-refractivity contribution in [3.63, 3.8) is 0 Å². The number of unbranched alkanes of at least 4 members (excludes halogenated alkanes) is 1. The molecule has 0 bridgehead atoms. The summed E-state index contributed by atoms with van der Waals surface area (Å²) in [5.41, 5.74) is 10.5. The topological polar surface area (TPSA) is 98.2 Å². The van der Waals surface area contributed by atoms with Gasteiger partial charge < -0.3 is 16.8 Å². The zero-order chi connectivity index (χ0) is 11.7. The first-order valence-electron chi connectivity index (χ1n) is 5.33. The van der Waals surface area contributed by atoms with E-state index in [9.17, 15) is 9.59 Å². The summed E-state index contributed by atoms with van der Waals surface area (Å²) >= 11 is 0. The predicted molar refractivity (Wildman–Crippen MR) is 58.9 cm³/mol. The summed E-state index contributed by atoms with van der Waals surface area (Å²) in [5, 5.41) is 2.77. The Morgan fingerprint density at radius 3 is 2.47 bits per heavy atom. The maximum absolute atomic E-state index is 11.2. The lowest BCUT2D eigenvalue weighted by Crippen LogP contribution is -2.26. The van der Waals surface area contributed by atoms with Crippen molar-refractivity contribution in [2.45, 2.75) is 45.1 Å². The van der Waals surface area contributed by atoms with Crippen molar-refractivity contribution in [2.75, 3.05) is 6.54 Å². The third-order valence-electron chi connectivity index (χ3n) is 2.00. The van der Waals surface area contributed by atoms with Crippen LogP contribution in [0.4, 0.5) is 0 Å². The maximum atomic E-state index is 11.2. The van der Waals surface area contributed by atoms with E-state index in [1.54, 1.807) is 0 Å². The second-order valence-electron chi connectivity index (χ2n) is 3.79. The van der Waals surface area contributed by atoms with Crippen LogP contribution in [0.3, 0.4) is 0 Å². The molecule has 0 aromatic carbocycles. The highest BCUT2D eigenvalue weighted by molar-refractivity contribution is 5.75. The summed E-state index contributed by atoms with van der Waals surface area (Å²) < 4.78 is 0. The van der Waals surface area contributed by atoms with E-state index in [4.69, 9.17) is 11.5 Å². The average Bonchev–Trinajstić information content (AvgIpc) is 2.13. The van der Waals surface area contributed by atoms with Crippen LogP contribution in [-0.2, 0) is 9.59 Å². The van der Waals surface area contributed by atoms with Crippen LogP contribution >= 0.6 is 0 Å². The van der Waals surface area contributed by atoms with E-state index in [-0.39, 0.29) is 17.9 Å². The standard InChI is InChI=1S/C10H21N3O2/c1-8(11)5-6-10(15)13-7-3-2-4-9(12)14/h8H,2-7,11H2,1H3,(H2,12,14)(H,13,15). The monoisotopic (exact) mass is 215 g/mol. The molecular weight excluding hydrogens is 194 g/mol. The predicted octanol–water partition coefficient (Wildman–Crippen LogP) is -0.114. The zero-order valence-corrected chi connectivity index (χ0v) is 9.29. The second-order valence-corrected chi connectivity index (χ2v) is 3.79. The molecule has 5 heteroatoms. The van der Waals surface area contributed by atoms with Crippen LogP contribution in [0.5, 0.6) is 0 Å². The zero-order valence-electron chi connectivity index (χ0n) is 9.29. The summed E-state index contributed by atoms with van der Waals surface area (Å²) in [7, 11) is 0. The molecule has 0 aliphatic carbocycles. The van der Waals surface area contributed by atoms with Crippen molar-refractivity contribution in [1.29, 1.82) is 0 Å². The molecule has 0 saturated heterocycles. The van der Waals surface area contributed by atoms with Crippen molar-refractivity contribution in [1.82, 2.24) is 5.32 Å². The number of hydrogen-bond acceptors (Lipinski definition) is 3. The fourth-order valence-electron chi connectivity index (χ4n) is 1.10. The Labute approximate surface area is 90.6 Å². The van der Waals surface area contributed by atoms with Gasteiger partial charge >= 0.3 is 0 Å². The van der Waals surface area contributed by atoms with Crippen molar-refractivity contribution in [2.24, 2.45) is 11.5 Å². The van der Waals surface area contributed by atoms with E-state index in [0.717, 1.165) is 12.8 Å². The molecule has 0 heterocycles. The molecule has 5 N–H and O–H groups in total. The third-order valence-corrected chi connectivity index (χ3v) is 2.00. The van der Waals surface area contributed by atoms with Gasteiger partial charge in [0.2, 0.25) is 11.8 Å². The van der Waals surface area contributed by atoms with Gasteiger partial charge in [-0.1, -0.05) is 0 Å². The molecular formula is C10H21N3O2. The Morgan fingerprint density at radius 1 is 1.27 bits per heavy atom. The molecule has 0 rings (SSSR count). The third kappa shape index (κ3) is 10.8. The molecule has 0 aromatic rings. The van der Waals surface area contributed by atoms with Gasteiger partial charge in [-0.3, -0.25) is 9.59 Å². The molecule has 0 aliphatic heterocycles. The first-order chi connectivity index (χ1) is 7.02. The number of nitrogens with two attached hydrogens (primary N) is 2. The van der Waals surface area contributed by atoms with Crippen molar-refractivity contribution in [3.05, 3.63) is 0 Å². The molecule has 2 amide bonds. The molecule has 0 fully saturated rings. The van der Waals surface area contributed by atoms with Gasteiger partial charge in [-0.15, -0.1) is 0 Å². The Hall–Kier alpha value is -1.10. The van der Waals surface area contributed by atoms with E-state index >= 15 is 0 Å². The first-order valence-corrected chi connectivity index (χ1v) is 5.33. The van der Waals surface area contributed by atoms with Crippen LogP contribution in [0, 0.1) is 0 Å². The lowest BCUT2D eigenvalue weighted by molar-refractivity contribution is -0.121. The van der Waals surface area contributed by atoms with Gasteiger partial charge in [0.15, 0.2) is 0 Å². The smallest absolute Gasteiger partial charge is 0.220 e. The Balaban J connectivity index is 3.28. The van der Waals surface area contributed by atoms with E-state index in [0.29, 0.717) is 25.8 Å². The van der Waals surface area contributed by atoms with E-state index < -0.39 is 0 Å². The lowest BCUT2D eigenvalue weighted by atomic mass is 10.2. The molecule has 5 nitrogen and oxygen atoms in total. The Kier molecular flexibility index (Phi) is 7.62. The van der Waals surface area contributed by atoms with Gasteiger partial charge in [0, 0.05) is 25.4 Å². The van der Waals surface area contributed by atoms with Crippen molar-refractivity contribution < 1.29 is 9.59 Å². The van der Waals surface area contributed by atoms with Gasteiger partial charge in [0.25, 0.3) is 0 Å². The number of rotatable bonds is 8. The molecule has 0 saturated carbocycles. The highest BCUT2D eigenvalue weighted by Gasteiger charge is 2.02. The molecule has 0 radical (unpaired) electrons. The number of amides is 2. The number of primary amides is 1. The van der Waals surface area contributed by atoms with Crippen molar-refractivity contribution >= 4 is 11.8 Å². The van der Waals surface area contributed by atoms with Crippen LogP contribution < -0.4 is 16.8 Å². The summed E-state index contributed by atoms with van der Waals surface area (Å²) in [6.07, 6.45) is 3.06. The molecule has 88 valence electrons. The second kappa shape index (κ2) is 8.23. The van der Waals surface area contributed by atoms with Gasteiger partial charge in [0.05, 0.1) is 0 Å². The lowest BCUT2D eigenvalue weighted by Gasteiger charge is -2.06. The van der Waals surface area contributed by atoms with Crippen LogP contribution in [-0.4, -0.2) is 24.4 Å². The Morgan fingerprint density at radius 2 is 1.93 bits per heavy atom. The normalized spacial score (nSPS) is 12.1. The SMILES string of the molecule is CC(N)CCC(=O)NCCCCC(N)=O. The summed E-state index contributed by atoms with van der Waals surface area (Å²) in [5.74, 6) is -0.273. The summed E-state index contributed by atoms with van der Waals surface area (Å²) in [6, 6.07) is 0.0608. The van der Waals surface area contributed by atoms with E-state index in [2.05, 4.69) is 5.32 Å². The maximum Gasteiger partial charge on any atom is 0.220 e. The number of carbonyl (C=O) groups excluding carboxylic acids is 2. The van der Waals surface area contributed by atoms with E-state index in [1.807, 2.05) is 6.92 Å². The number of hydrogen-bond donors (Lipinski definition) is 3. The minimum absolute atomic E-state index is 0.0198. The van der Waals surface area contributed by atoms with E-state index in [1.165, 1.54) is 0 Å². The quantitative estimate of drug-likeness (QED) is 0.492. The molecule has 15 heavy (non-hydrogen) atoms. The van der Waals surface area contributed by atoms with Crippen molar-refractivity contribution in [3.8, 4) is 0 Å². The highest BCUT2D eigenvalue weighted by atomic mass is 16.1. The molecule has 1 unspecified atom stereocenters. The average molecular weight is 215 g/mol. The fourth-order valence-corrected chi connectivity index (χ4v) is 1.10. The number of carbonyl (C=O) groups is 2. The van der Waals surface area contributed by atoms with Crippen LogP contribution in [0.1, 0.15) is 39.0 Å². The summed E-state index contributed by atoms with van der Waals surface area (Å²) in [6.45, 7) is 2.48. The van der Waals surface area contributed by atoms with Gasteiger partial charge in [-0.05, 0) is 26.2 Å². The first kappa shape index (κ1) is 13.9. The molecule has 0 aromatic heterocycles. The molecule has 0 aliphatic rings. The van der Waals surface area contributed by atoms with Crippen LogP contribution in [0.15, 0.2) is 0 Å². The number of nitrogens with one attached hydrogen (secondary N) is 1. The van der Waals surface area contributed by atoms with Gasteiger partial charge in [-0.2, -0.15) is 0 Å². The highest BCUT2D eigenvalue weighted by Crippen LogP contribution is 1.95. The molecule has 0 spiro atoms. The minimum Gasteiger partial charge on any atom is -0.370 e. The molecule has 1 atom stereocenters. The van der Waals surface area contributed by atoms with Crippen LogP contribution in [0.25, 0.3) is 0 Å². The summed E-state index contributed by atoms with van der Waals surface area (Å²) in [4.78, 5) is 21.6.